The molecule has 0 aromatic carbocycles. The minimum atomic E-state index is -1.10. The molecule has 1 atom stereocenters. The van der Waals surface area contributed by atoms with Gasteiger partial charge in [0.25, 0.3) is 0 Å². The molecule has 0 radical (unpaired) electrons. The predicted molar refractivity (Wildman–Crippen MR) is 76.4 cm³/mol. The lowest BCUT2D eigenvalue weighted by Gasteiger charge is -2.24. The van der Waals surface area contributed by atoms with Gasteiger partial charge in [0.15, 0.2) is 0 Å². The van der Waals surface area contributed by atoms with Gasteiger partial charge in [0.1, 0.15) is 5.69 Å². The van der Waals surface area contributed by atoms with E-state index in [9.17, 15) is 9.59 Å². The maximum atomic E-state index is 12.1. The summed E-state index contributed by atoms with van der Waals surface area (Å²) in [6.45, 7) is 6.41. The van der Waals surface area contributed by atoms with Gasteiger partial charge in [0.05, 0.1) is 17.8 Å². The van der Waals surface area contributed by atoms with E-state index in [-0.39, 0.29) is 29.5 Å². The smallest absolute Gasteiger partial charge is 0.354 e. The van der Waals surface area contributed by atoms with Gasteiger partial charge in [-0.25, -0.2) is 9.78 Å². The monoisotopic (exact) mass is 279 g/mol. The average molecular weight is 279 g/mol. The Kier molecular flexibility index (Phi) is 5.21. The molecule has 6 nitrogen and oxygen atoms in total. The molecule has 1 heterocycles. The van der Waals surface area contributed by atoms with E-state index in [1.54, 1.807) is 0 Å². The molecule has 0 fully saturated rings. The number of pyridine rings is 1. The maximum absolute atomic E-state index is 12.1. The Morgan fingerprint density at radius 3 is 2.45 bits per heavy atom. The quantitative estimate of drug-likeness (QED) is 0.761. The highest BCUT2D eigenvalue weighted by Gasteiger charge is 2.23. The van der Waals surface area contributed by atoms with Crippen LogP contribution in [-0.4, -0.2) is 28.5 Å². The van der Waals surface area contributed by atoms with Crippen LogP contribution >= 0.6 is 0 Å². The van der Waals surface area contributed by atoms with Gasteiger partial charge in [-0.1, -0.05) is 20.8 Å². The molecule has 110 valence electrons. The molecule has 20 heavy (non-hydrogen) atoms. The van der Waals surface area contributed by atoms with Crippen LogP contribution in [0.15, 0.2) is 18.3 Å². The van der Waals surface area contributed by atoms with Crippen LogP contribution in [0.3, 0.4) is 0 Å². The first-order valence-electron chi connectivity index (χ1n) is 6.43. The summed E-state index contributed by atoms with van der Waals surface area (Å²) in [6.07, 6.45) is 2.00. The van der Waals surface area contributed by atoms with Crippen molar-refractivity contribution in [2.24, 2.45) is 17.1 Å². The lowest BCUT2D eigenvalue weighted by atomic mass is 9.84. The van der Waals surface area contributed by atoms with Gasteiger partial charge >= 0.3 is 5.97 Å². The second-order valence-corrected chi connectivity index (χ2v) is 5.92. The molecule has 0 aliphatic carbocycles. The third kappa shape index (κ3) is 4.97. The first-order valence-corrected chi connectivity index (χ1v) is 6.43. The van der Waals surface area contributed by atoms with E-state index in [4.69, 9.17) is 10.8 Å². The van der Waals surface area contributed by atoms with Crippen LogP contribution in [0.1, 0.15) is 37.7 Å². The summed E-state index contributed by atoms with van der Waals surface area (Å²) in [4.78, 5) is 26.5. The number of carbonyl (C=O) groups is 2. The number of amides is 1. The Hall–Kier alpha value is -1.95. The molecule has 4 N–H and O–H groups in total. The normalized spacial score (nSPS) is 12.8. The van der Waals surface area contributed by atoms with Crippen molar-refractivity contribution in [1.29, 1.82) is 0 Å². The lowest BCUT2D eigenvalue weighted by molar-refractivity contribution is -0.120. The summed E-state index contributed by atoms with van der Waals surface area (Å²) in [6, 6.07) is 2.86. The molecule has 1 rings (SSSR count). The number of carboxylic acids is 1. The number of hydrogen-bond donors (Lipinski definition) is 3. The summed E-state index contributed by atoms with van der Waals surface area (Å²) in [5, 5.41) is 11.5. The van der Waals surface area contributed by atoms with Crippen LogP contribution in [0.4, 0.5) is 5.69 Å². The minimum absolute atomic E-state index is 0.00674. The van der Waals surface area contributed by atoms with Crippen molar-refractivity contribution >= 4 is 17.6 Å². The number of carboxylic acid groups (broad SMARTS) is 1. The first kappa shape index (κ1) is 16.1. The van der Waals surface area contributed by atoms with Crippen LogP contribution in [0.25, 0.3) is 0 Å². The van der Waals surface area contributed by atoms with Gasteiger partial charge < -0.3 is 16.2 Å². The van der Waals surface area contributed by atoms with E-state index in [2.05, 4.69) is 10.3 Å². The number of aromatic nitrogens is 1. The minimum Gasteiger partial charge on any atom is -0.477 e. The first-order chi connectivity index (χ1) is 9.23. The van der Waals surface area contributed by atoms with E-state index in [0.29, 0.717) is 12.1 Å². The fourth-order valence-corrected chi connectivity index (χ4v) is 1.86. The van der Waals surface area contributed by atoms with Crippen LogP contribution < -0.4 is 11.1 Å². The fraction of sp³-hybridized carbons (Fsp3) is 0.500. The van der Waals surface area contributed by atoms with Gasteiger partial charge in [-0.2, -0.15) is 0 Å². The van der Waals surface area contributed by atoms with E-state index in [1.807, 2.05) is 20.8 Å². The van der Waals surface area contributed by atoms with E-state index in [1.165, 1.54) is 18.3 Å². The molecule has 0 spiro atoms. The van der Waals surface area contributed by atoms with Gasteiger partial charge in [0.2, 0.25) is 5.91 Å². The van der Waals surface area contributed by atoms with Crippen molar-refractivity contribution in [1.82, 2.24) is 4.98 Å². The van der Waals surface area contributed by atoms with E-state index in [0.717, 1.165) is 0 Å². The van der Waals surface area contributed by atoms with Crippen molar-refractivity contribution in [2.75, 3.05) is 11.9 Å². The highest BCUT2D eigenvalue weighted by Crippen LogP contribution is 2.24. The second kappa shape index (κ2) is 6.47. The van der Waals surface area contributed by atoms with Gasteiger partial charge in [-0.3, -0.25) is 4.79 Å². The number of rotatable bonds is 5. The van der Waals surface area contributed by atoms with E-state index < -0.39 is 5.97 Å². The molecule has 0 aliphatic heterocycles. The molecule has 0 bridgehead atoms. The van der Waals surface area contributed by atoms with Crippen molar-refractivity contribution < 1.29 is 14.7 Å². The van der Waals surface area contributed by atoms with Gasteiger partial charge in [-0.15, -0.1) is 0 Å². The largest absolute Gasteiger partial charge is 0.477 e. The van der Waals surface area contributed by atoms with Crippen LogP contribution in [-0.2, 0) is 4.79 Å². The Morgan fingerprint density at radius 2 is 2.05 bits per heavy atom. The highest BCUT2D eigenvalue weighted by atomic mass is 16.4. The van der Waals surface area contributed by atoms with Crippen LogP contribution in [0.5, 0.6) is 0 Å². The Bertz CT molecular complexity index is 477. The summed E-state index contributed by atoms with van der Waals surface area (Å²) in [5.41, 5.74) is 6.05. The Balaban J connectivity index is 2.71. The molecule has 0 saturated carbocycles. The third-order valence-electron chi connectivity index (χ3n) is 2.76. The molecule has 1 unspecified atom stereocenters. The fourth-order valence-electron chi connectivity index (χ4n) is 1.86. The highest BCUT2D eigenvalue weighted by molar-refractivity contribution is 5.93. The zero-order valence-electron chi connectivity index (χ0n) is 12.0. The number of carbonyl (C=O) groups excluding carboxylic acids is 1. The summed E-state index contributed by atoms with van der Waals surface area (Å²) < 4.78 is 0. The molecule has 0 saturated heterocycles. The second-order valence-electron chi connectivity index (χ2n) is 5.92. The third-order valence-corrected chi connectivity index (χ3v) is 2.76. The molecule has 6 heteroatoms. The summed E-state index contributed by atoms with van der Waals surface area (Å²) in [7, 11) is 0. The SMILES string of the molecule is CC(C)(C)CC(CN)C(=O)Nc1ccc(C(=O)O)nc1. The summed E-state index contributed by atoms with van der Waals surface area (Å²) >= 11 is 0. The predicted octanol–water partition coefficient (Wildman–Crippen LogP) is 1.73. The molecular formula is C14H21N3O3. The number of nitrogens with zero attached hydrogens (tertiary/aromatic N) is 1. The van der Waals surface area contributed by atoms with Crippen molar-refractivity contribution in [2.45, 2.75) is 27.2 Å². The zero-order chi connectivity index (χ0) is 15.3. The number of nitrogens with two attached hydrogens (primary N) is 1. The lowest BCUT2D eigenvalue weighted by Crippen LogP contribution is -2.32. The molecule has 1 aromatic heterocycles. The topological polar surface area (TPSA) is 105 Å². The van der Waals surface area contributed by atoms with Crippen LogP contribution in [0, 0.1) is 11.3 Å². The molecular weight excluding hydrogens is 258 g/mol. The molecule has 0 aliphatic rings. The number of nitrogens with one attached hydrogen (secondary N) is 1. The Morgan fingerprint density at radius 1 is 1.40 bits per heavy atom. The van der Waals surface area contributed by atoms with Crippen molar-refractivity contribution in [3.8, 4) is 0 Å². The van der Waals surface area contributed by atoms with E-state index >= 15 is 0 Å². The standard InChI is InChI=1S/C14H21N3O3/c1-14(2,3)6-9(7-15)12(18)17-10-4-5-11(13(19)20)16-8-10/h4-5,8-9H,6-7,15H2,1-3H3,(H,17,18)(H,19,20). The zero-order valence-corrected chi connectivity index (χ0v) is 12.0. The number of hydrogen-bond acceptors (Lipinski definition) is 4. The van der Waals surface area contributed by atoms with Gasteiger partial charge in [0, 0.05) is 6.54 Å². The summed E-state index contributed by atoms with van der Waals surface area (Å²) in [5.74, 6) is -1.56. The average Bonchev–Trinajstić information content (AvgIpc) is 2.35. The number of aromatic carboxylic acids is 1. The van der Waals surface area contributed by atoms with Crippen molar-refractivity contribution in [3.63, 3.8) is 0 Å². The maximum Gasteiger partial charge on any atom is 0.354 e. The number of anilines is 1. The van der Waals surface area contributed by atoms with Crippen LogP contribution in [0.2, 0.25) is 0 Å². The van der Waals surface area contributed by atoms with Crippen molar-refractivity contribution in [3.05, 3.63) is 24.0 Å². The molecule has 1 amide bonds. The van der Waals surface area contributed by atoms with Gasteiger partial charge in [-0.05, 0) is 24.0 Å². The Labute approximate surface area is 118 Å². The molecule has 1 aromatic rings.